The number of ether oxygens (including phenoxy) is 2. The van der Waals surface area contributed by atoms with Crippen LogP contribution in [0.25, 0.3) is 0 Å². The molecule has 2 N–H and O–H groups in total. The van der Waals surface area contributed by atoms with Crippen molar-refractivity contribution >= 4 is 23.6 Å². The van der Waals surface area contributed by atoms with E-state index < -0.39 is 12.2 Å². The minimum absolute atomic E-state index is 0.517. The number of unbranched alkanes of at least 4 members (excludes halogenated alkanes) is 8. The van der Waals surface area contributed by atoms with Crippen LogP contribution in [-0.4, -0.2) is 12.2 Å². The Morgan fingerprint density at radius 3 is 1.15 bits per heavy atom. The number of amides is 2. The number of carbonyl (C=O) groups excluding carboxylic acids is 2. The molecule has 0 spiro atoms. The highest BCUT2D eigenvalue weighted by Crippen LogP contribution is 2.20. The lowest BCUT2D eigenvalue weighted by molar-refractivity contribution is 0.214. The van der Waals surface area contributed by atoms with E-state index in [0.717, 1.165) is 24.0 Å². The molecule has 0 heterocycles. The largest absolute Gasteiger partial charge is 0.417 e. The predicted octanol–water partition coefficient (Wildman–Crippen LogP) is 11.5. The SMILES string of the molecule is CCCCCCCc1ccc(OC(=O)Nc2ccc(Cc3ccc(NC(=O)Oc4ccc(CCCCCCC)cc4)cc3)cc2)cc1. The number of anilines is 2. The molecule has 248 valence electrons. The molecule has 0 aliphatic heterocycles. The van der Waals surface area contributed by atoms with Crippen LogP contribution in [0.15, 0.2) is 97.1 Å². The molecule has 6 heteroatoms. The van der Waals surface area contributed by atoms with Gasteiger partial charge in [-0.25, -0.2) is 9.59 Å². The van der Waals surface area contributed by atoms with Gasteiger partial charge in [0, 0.05) is 11.4 Å². The highest BCUT2D eigenvalue weighted by molar-refractivity contribution is 5.87. The lowest BCUT2D eigenvalue weighted by Gasteiger charge is -2.10. The number of hydrogen-bond donors (Lipinski definition) is 2. The van der Waals surface area contributed by atoms with Crippen molar-refractivity contribution < 1.29 is 19.1 Å². The van der Waals surface area contributed by atoms with Crippen LogP contribution < -0.4 is 20.1 Å². The van der Waals surface area contributed by atoms with Crippen LogP contribution in [0.2, 0.25) is 0 Å². The molecule has 47 heavy (non-hydrogen) atoms. The summed E-state index contributed by atoms with van der Waals surface area (Å²) in [6.45, 7) is 4.45. The van der Waals surface area contributed by atoms with E-state index in [4.69, 9.17) is 9.47 Å². The third-order valence-corrected chi connectivity index (χ3v) is 8.21. The van der Waals surface area contributed by atoms with E-state index in [1.54, 1.807) is 0 Å². The molecule has 2 amide bonds. The van der Waals surface area contributed by atoms with Crippen LogP contribution in [0.3, 0.4) is 0 Å². The Balaban J connectivity index is 1.16. The maximum absolute atomic E-state index is 12.4. The summed E-state index contributed by atoms with van der Waals surface area (Å²) in [6, 6.07) is 30.9. The number of carbonyl (C=O) groups is 2. The summed E-state index contributed by atoms with van der Waals surface area (Å²) in [5.74, 6) is 1.05. The molecule has 0 atom stereocenters. The molecule has 0 aliphatic carbocycles. The van der Waals surface area contributed by atoms with Crippen LogP contribution in [-0.2, 0) is 19.3 Å². The molecule has 4 aromatic rings. The monoisotopic (exact) mass is 634 g/mol. The van der Waals surface area contributed by atoms with Crippen LogP contribution in [0.4, 0.5) is 21.0 Å². The molecule has 0 aliphatic rings. The third kappa shape index (κ3) is 13.4. The Hall–Kier alpha value is -4.58. The van der Waals surface area contributed by atoms with Crippen LogP contribution in [0, 0.1) is 0 Å². The van der Waals surface area contributed by atoms with Crippen molar-refractivity contribution in [2.45, 2.75) is 97.3 Å². The summed E-state index contributed by atoms with van der Waals surface area (Å²) in [5.41, 5.74) is 6.05. The number of hydrogen-bond acceptors (Lipinski definition) is 4. The Morgan fingerprint density at radius 2 is 0.787 bits per heavy atom. The minimum atomic E-state index is -0.517. The van der Waals surface area contributed by atoms with Gasteiger partial charge < -0.3 is 9.47 Å². The molecule has 0 unspecified atom stereocenters. The zero-order chi connectivity index (χ0) is 33.1. The van der Waals surface area contributed by atoms with Crippen LogP contribution in [0.5, 0.6) is 11.5 Å². The first-order valence-electron chi connectivity index (χ1n) is 17.3. The molecule has 4 rings (SSSR count). The fourth-order valence-electron chi connectivity index (χ4n) is 5.46. The van der Waals surface area contributed by atoms with E-state index in [2.05, 4.69) is 24.5 Å². The lowest BCUT2D eigenvalue weighted by Crippen LogP contribution is -2.16. The molecular weight excluding hydrogens is 584 g/mol. The van der Waals surface area contributed by atoms with Gasteiger partial charge in [-0.1, -0.05) is 114 Å². The van der Waals surface area contributed by atoms with Crippen molar-refractivity contribution in [1.29, 1.82) is 0 Å². The standard InChI is InChI=1S/C41H50N2O4/c1-3-5-7-9-11-13-32-19-27-38(28-20-32)46-40(44)42-36-23-15-34(16-24-36)31-35-17-25-37(26-18-35)43-41(45)47-39-29-21-33(22-30-39)14-12-10-8-6-4-2/h15-30H,3-14,31H2,1-2H3,(H,42,44)(H,43,45). The van der Waals surface area contributed by atoms with E-state index in [1.165, 1.54) is 75.3 Å². The summed E-state index contributed by atoms with van der Waals surface area (Å²) in [6.07, 6.45) is 14.3. The van der Waals surface area contributed by atoms with E-state index >= 15 is 0 Å². The fourth-order valence-corrected chi connectivity index (χ4v) is 5.46. The van der Waals surface area contributed by atoms with Gasteiger partial charge in [-0.2, -0.15) is 0 Å². The second-order valence-corrected chi connectivity index (χ2v) is 12.2. The van der Waals surface area contributed by atoms with Crippen molar-refractivity contribution in [3.05, 3.63) is 119 Å². The fraction of sp³-hybridized carbons (Fsp3) is 0.366. The molecule has 0 saturated carbocycles. The second kappa shape index (κ2) is 19.8. The maximum Gasteiger partial charge on any atom is 0.417 e. The lowest BCUT2D eigenvalue weighted by atomic mass is 10.0. The predicted molar refractivity (Wildman–Crippen MR) is 193 cm³/mol. The van der Waals surface area contributed by atoms with Gasteiger partial charge in [-0.3, -0.25) is 10.6 Å². The Bertz CT molecular complexity index is 1370. The van der Waals surface area contributed by atoms with Gasteiger partial charge in [0.25, 0.3) is 0 Å². The van der Waals surface area contributed by atoms with Gasteiger partial charge in [-0.15, -0.1) is 0 Å². The molecule has 0 fully saturated rings. The normalized spacial score (nSPS) is 10.8. The molecule has 0 bridgehead atoms. The Kier molecular flexibility index (Phi) is 14.9. The van der Waals surface area contributed by atoms with Gasteiger partial charge in [0.15, 0.2) is 0 Å². The average Bonchev–Trinajstić information content (AvgIpc) is 3.08. The van der Waals surface area contributed by atoms with E-state index in [0.29, 0.717) is 29.3 Å². The molecule has 0 aromatic heterocycles. The average molecular weight is 635 g/mol. The highest BCUT2D eigenvalue weighted by atomic mass is 16.6. The van der Waals surface area contributed by atoms with E-state index in [9.17, 15) is 9.59 Å². The van der Waals surface area contributed by atoms with Gasteiger partial charge in [0.2, 0.25) is 0 Å². The summed E-state index contributed by atoms with van der Waals surface area (Å²) in [7, 11) is 0. The summed E-state index contributed by atoms with van der Waals surface area (Å²) in [5, 5.41) is 5.59. The van der Waals surface area contributed by atoms with Crippen molar-refractivity contribution in [1.82, 2.24) is 0 Å². The second-order valence-electron chi connectivity index (χ2n) is 12.2. The number of rotatable bonds is 18. The molecule has 4 aromatic carbocycles. The molecule has 6 nitrogen and oxygen atoms in total. The van der Waals surface area contributed by atoms with Crippen LogP contribution in [0.1, 0.15) is 100 Å². The first-order valence-corrected chi connectivity index (χ1v) is 17.3. The van der Waals surface area contributed by atoms with Gasteiger partial charge in [0.05, 0.1) is 0 Å². The molecule has 0 radical (unpaired) electrons. The minimum Gasteiger partial charge on any atom is -0.410 e. The third-order valence-electron chi connectivity index (χ3n) is 8.21. The number of aryl methyl sites for hydroxylation is 2. The van der Waals surface area contributed by atoms with Gasteiger partial charge in [0.1, 0.15) is 11.5 Å². The van der Waals surface area contributed by atoms with Gasteiger partial charge >= 0.3 is 12.2 Å². The quantitative estimate of drug-likeness (QED) is 0.107. The van der Waals surface area contributed by atoms with Crippen molar-refractivity contribution in [3.63, 3.8) is 0 Å². The first-order chi connectivity index (χ1) is 23.0. The summed E-state index contributed by atoms with van der Waals surface area (Å²) in [4.78, 5) is 24.9. The van der Waals surface area contributed by atoms with Crippen molar-refractivity contribution in [2.75, 3.05) is 10.6 Å². The summed E-state index contributed by atoms with van der Waals surface area (Å²) < 4.78 is 10.9. The van der Waals surface area contributed by atoms with Gasteiger partial charge in [-0.05, 0) is 103 Å². The first kappa shape index (κ1) is 35.3. The van der Waals surface area contributed by atoms with E-state index in [-0.39, 0.29) is 0 Å². The number of nitrogens with one attached hydrogen (secondary N) is 2. The Labute approximate surface area is 280 Å². The highest BCUT2D eigenvalue weighted by Gasteiger charge is 2.08. The zero-order valence-corrected chi connectivity index (χ0v) is 28.1. The van der Waals surface area contributed by atoms with Crippen molar-refractivity contribution in [2.24, 2.45) is 0 Å². The van der Waals surface area contributed by atoms with Crippen molar-refractivity contribution in [3.8, 4) is 11.5 Å². The Morgan fingerprint density at radius 1 is 0.447 bits per heavy atom. The number of benzene rings is 4. The molecule has 0 saturated heterocycles. The summed E-state index contributed by atoms with van der Waals surface area (Å²) >= 11 is 0. The topological polar surface area (TPSA) is 76.7 Å². The zero-order valence-electron chi connectivity index (χ0n) is 28.1. The molecular formula is C41H50N2O4. The van der Waals surface area contributed by atoms with E-state index in [1.807, 2.05) is 97.1 Å². The van der Waals surface area contributed by atoms with Crippen LogP contribution >= 0.6 is 0 Å². The smallest absolute Gasteiger partial charge is 0.410 e. The maximum atomic E-state index is 12.4.